The average molecular weight is 498 g/mol. The average Bonchev–Trinajstić information content (AvgIpc) is 3.13. The molecular formula is C26H25ClFN3O4. The monoisotopic (exact) mass is 497 g/mol. The van der Waals surface area contributed by atoms with E-state index in [9.17, 15) is 23.6 Å². The molecule has 1 aliphatic carbocycles. The zero-order chi connectivity index (χ0) is 24.7. The molecule has 2 fully saturated rings. The van der Waals surface area contributed by atoms with Crippen molar-refractivity contribution in [1.29, 1.82) is 0 Å². The molecule has 2 aromatic rings. The van der Waals surface area contributed by atoms with Gasteiger partial charge in [0.05, 0.1) is 21.7 Å². The van der Waals surface area contributed by atoms with Gasteiger partial charge in [-0.25, -0.2) is 4.39 Å². The molecule has 35 heavy (non-hydrogen) atoms. The van der Waals surface area contributed by atoms with Crippen LogP contribution in [-0.4, -0.2) is 70.5 Å². The Labute approximate surface area is 207 Å². The lowest BCUT2D eigenvalue weighted by Gasteiger charge is -2.35. The third-order valence-corrected chi connectivity index (χ3v) is 7.43. The van der Waals surface area contributed by atoms with Gasteiger partial charge < -0.3 is 9.80 Å². The minimum Gasteiger partial charge on any atom is -0.335 e. The highest BCUT2D eigenvalue weighted by molar-refractivity contribution is 6.33. The van der Waals surface area contributed by atoms with Gasteiger partial charge in [-0.3, -0.25) is 24.1 Å². The van der Waals surface area contributed by atoms with Gasteiger partial charge in [-0.1, -0.05) is 30.9 Å². The van der Waals surface area contributed by atoms with Crippen molar-refractivity contribution in [3.05, 3.63) is 69.5 Å². The van der Waals surface area contributed by atoms with Crippen molar-refractivity contribution in [1.82, 2.24) is 14.7 Å². The number of imide groups is 1. The summed E-state index contributed by atoms with van der Waals surface area (Å²) in [5.74, 6) is -1.68. The SMILES string of the molecule is O=C(c1ccc2c(c1)C(=O)N(C1CCCCC1)C2=O)N1CCN(C(=O)c2ccc(F)cc2Cl)CC1. The lowest BCUT2D eigenvalue weighted by atomic mass is 9.94. The number of rotatable bonds is 3. The van der Waals surface area contributed by atoms with E-state index < -0.39 is 5.82 Å². The van der Waals surface area contributed by atoms with Crippen molar-refractivity contribution in [2.75, 3.05) is 26.2 Å². The van der Waals surface area contributed by atoms with E-state index in [1.165, 1.54) is 23.1 Å². The standard InChI is InChI=1S/C26H25ClFN3O4/c27-22-15-17(28)7-9-20(22)24(33)30-12-10-29(11-13-30)23(32)16-6-8-19-21(14-16)26(35)31(25(19)34)18-4-2-1-3-5-18/h6-9,14-15,18H,1-5,10-13H2. The minimum absolute atomic E-state index is 0.0492. The molecule has 0 radical (unpaired) electrons. The van der Waals surface area contributed by atoms with E-state index in [-0.39, 0.29) is 45.8 Å². The highest BCUT2D eigenvalue weighted by Crippen LogP contribution is 2.32. The van der Waals surface area contributed by atoms with Crippen LogP contribution >= 0.6 is 11.6 Å². The molecule has 1 saturated carbocycles. The van der Waals surface area contributed by atoms with E-state index in [0.29, 0.717) is 37.3 Å². The molecule has 7 nitrogen and oxygen atoms in total. The smallest absolute Gasteiger partial charge is 0.261 e. The van der Waals surface area contributed by atoms with Crippen LogP contribution in [0.1, 0.15) is 73.5 Å². The number of benzene rings is 2. The van der Waals surface area contributed by atoms with Crippen LogP contribution in [0, 0.1) is 5.82 Å². The Kier molecular flexibility index (Phi) is 6.32. The predicted octanol–water partition coefficient (Wildman–Crippen LogP) is 4.01. The molecule has 2 aliphatic heterocycles. The number of nitrogens with zero attached hydrogens (tertiary/aromatic N) is 3. The van der Waals surface area contributed by atoms with Crippen molar-refractivity contribution in [3.63, 3.8) is 0 Å². The van der Waals surface area contributed by atoms with Crippen LogP contribution in [0.4, 0.5) is 4.39 Å². The number of hydrogen-bond acceptors (Lipinski definition) is 4. The summed E-state index contributed by atoms with van der Waals surface area (Å²) in [6.07, 6.45) is 4.77. The number of carbonyl (C=O) groups is 4. The highest BCUT2D eigenvalue weighted by atomic mass is 35.5. The zero-order valence-electron chi connectivity index (χ0n) is 19.1. The predicted molar refractivity (Wildman–Crippen MR) is 127 cm³/mol. The summed E-state index contributed by atoms with van der Waals surface area (Å²) in [6.45, 7) is 1.22. The molecule has 0 spiro atoms. The number of piperazine rings is 1. The molecular weight excluding hydrogens is 473 g/mol. The zero-order valence-corrected chi connectivity index (χ0v) is 19.9. The third-order valence-electron chi connectivity index (χ3n) is 7.12. The van der Waals surface area contributed by atoms with Gasteiger partial charge in [0.15, 0.2) is 0 Å². The first kappa shape index (κ1) is 23.5. The summed E-state index contributed by atoms with van der Waals surface area (Å²) >= 11 is 6.02. The van der Waals surface area contributed by atoms with Gasteiger partial charge in [0, 0.05) is 37.8 Å². The lowest BCUT2D eigenvalue weighted by molar-refractivity contribution is 0.0535. The maximum Gasteiger partial charge on any atom is 0.261 e. The fourth-order valence-corrected chi connectivity index (χ4v) is 5.44. The van der Waals surface area contributed by atoms with Crippen molar-refractivity contribution < 1.29 is 23.6 Å². The van der Waals surface area contributed by atoms with Gasteiger partial charge in [0.1, 0.15) is 5.82 Å². The Morgan fingerprint density at radius 1 is 0.800 bits per heavy atom. The summed E-state index contributed by atoms with van der Waals surface area (Å²) in [5, 5.41) is 0.0492. The van der Waals surface area contributed by atoms with Crippen LogP contribution in [-0.2, 0) is 0 Å². The van der Waals surface area contributed by atoms with Crippen LogP contribution in [0.3, 0.4) is 0 Å². The molecule has 3 aliphatic rings. The number of amides is 4. The Balaban J connectivity index is 1.26. The van der Waals surface area contributed by atoms with Crippen LogP contribution in [0.25, 0.3) is 0 Å². The number of hydrogen-bond donors (Lipinski definition) is 0. The summed E-state index contributed by atoms with van der Waals surface area (Å²) in [6, 6.07) is 8.26. The molecule has 1 saturated heterocycles. The topological polar surface area (TPSA) is 78.0 Å². The van der Waals surface area contributed by atoms with Crippen LogP contribution < -0.4 is 0 Å². The van der Waals surface area contributed by atoms with Crippen LogP contribution in [0.5, 0.6) is 0 Å². The Morgan fingerprint density at radius 2 is 1.43 bits per heavy atom. The van der Waals surface area contributed by atoms with Crippen molar-refractivity contribution >= 4 is 35.2 Å². The first-order valence-corrected chi connectivity index (χ1v) is 12.3. The number of halogens is 2. The van der Waals surface area contributed by atoms with E-state index in [0.717, 1.165) is 38.2 Å². The molecule has 0 unspecified atom stereocenters. The van der Waals surface area contributed by atoms with Gasteiger partial charge in [0.2, 0.25) is 0 Å². The van der Waals surface area contributed by atoms with E-state index in [2.05, 4.69) is 0 Å². The van der Waals surface area contributed by atoms with Gasteiger partial charge in [-0.2, -0.15) is 0 Å². The Hall–Kier alpha value is -3.26. The first-order chi connectivity index (χ1) is 16.8. The van der Waals surface area contributed by atoms with Gasteiger partial charge >= 0.3 is 0 Å². The van der Waals surface area contributed by atoms with E-state index >= 15 is 0 Å². The van der Waals surface area contributed by atoms with E-state index in [1.807, 2.05) is 0 Å². The third kappa shape index (κ3) is 4.31. The fraction of sp³-hybridized carbons (Fsp3) is 0.385. The minimum atomic E-state index is -0.515. The van der Waals surface area contributed by atoms with Gasteiger partial charge in [0.25, 0.3) is 23.6 Å². The molecule has 0 aromatic heterocycles. The molecule has 5 rings (SSSR count). The second kappa shape index (κ2) is 9.41. The highest BCUT2D eigenvalue weighted by Gasteiger charge is 2.40. The maximum absolute atomic E-state index is 13.3. The van der Waals surface area contributed by atoms with Crippen molar-refractivity contribution in [2.24, 2.45) is 0 Å². The van der Waals surface area contributed by atoms with Crippen LogP contribution in [0.15, 0.2) is 36.4 Å². The van der Waals surface area contributed by atoms with E-state index in [4.69, 9.17) is 11.6 Å². The number of carbonyl (C=O) groups excluding carboxylic acids is 4. The molecule has 4 amide bonds. The fourth-order valence-electron chi connectivity index (χ4n) is 5.19. The van der Waals surface area contributed by atoms with Gasteiger partial charge in [-0.15, -0.1) is 0 Å². The van der Waals surface area contributed by atoms with Crippen LogP contribution in [0.2, 0.25) is 5.02 Å². The van der Waals surface area contributed by atoms with Crippen molar-refractivity contribution in [2.45, 2.75) is 38.1 Å². The Bertz CT molecular complexity index is 1220. The molecule has 2 heterocycles. The normalized spacial score (nSPS) is 18.7. The summed E-state index contributed by atoms with van der Waals surface area (Å²) in [4.78, 5) is 56.5. The second-order valence-electron chi connectivity index (χ2n) is 9.24. The van der Waals surface area contributed by atoms with Gasteiger partial charge in [-0.05, 0) is 49.2 Å². The second-order valence-corrected chi connectivity index (χ2v) is 9.65. The van der Waals surface area contributed by atoms with Crippen molar-refractivity contribution in [3.8, 4) is 0 Å². The summed E-state index contributed by atoms with van der Waals surface area (Å²) in [5.41, 5.74) is 1.20. The largest absolute Gasteiger partial charge is 0.335 e. The Morgan fingerprint density at radius 3 is 2.09 bits per heavy atom. The molecule has 0 bridgehead atoms. The molecule has 0 N–H and O–H groups in total. The molecule has 9 heteroatoms. The first-order valence-electron chi connectivity index (χ1n) is 11.9. The van der Waals surface area contributed by atoms with E-state index in [1.54, 1.807) is 21.9 Å². The maximum atomic E-state index is 13.3. The molecule has 0 atom stereocenters. The quantitative estimate of drug-likeness (QED) is 0.600. The summed E-state index contributed by atoms with van der Waals surface area (Å²) in [7, 11) is 0. The number of fused-ring (bicyclic) bond motifs is 1. The summed E-state index contributed by atoms with van der Waals surface area (Å²) < 4.78 is 13.3. The lowest BCUT2D eigenvalue weighted by Crippen LogP contribution is -2.50. The molecule has 2 aromatic carbocycles. The molecule has 182 valence electrons.